The third kappa shape index (κ3) is 6.75. The molecule has 0 spiro atoms. The Morgan fingerprint density at radius 3 is 1.70 bits per heavy atom. The molecular weight excluding hydrogens is 262 g/mol. The molecule has 0 heterocycles. The zero-order valence-corrected chi connectivity index (χ0v) is 13.7. The number of aliphatic hydroxyl groups excluding tert-OH is 1. The highest BCUT2D eigenvalue weighted by Crippen LogP contribution is 2.16. The lowest BCUT2D eigenvalue weighted by Crippen LogP contribution is -2.52. The van der Waals surface area contributed by atoms with Gasteiger partial charge in [-0.25, -0.2) is 9.59 Å². The van der Waals surface area contributed by atoms with Crippen LogP contribution in [0.25, 0.3) is 0 Å². The van der Waals surface area contributed by atoms with E-state index in [-0.39, 0.29) is 0 Å². The smallest absolute Gasteiger partial charge is 0.410 e. The summed E-state index contributed by atoms with van der Waals surface area (Å²) < 4.78 is 10.4. The molecule has 0 aromatic carbocycles. The first-order chi connectivity index (χ1) is 8.74. The molecule has 0 bridgehead atoms. The number of carbonyl (C=O) groups excluding carboxylic acids is 2. The van der Waals surface area contributed by atoms with Crippen molar-refractivity contribution in [2.45, 2.75) is 71.8 Å². The fourth-order valence-electron chi connectivity index (χ4n) is 1.49. The summed E-state index contributed by atoms with van der Waals surface area (Å²) in [6.45, 7) is 11.8. The molecule has 0 rings (SSSR count). The number of nitrogens with zero attached hydrogens (tertiary/aromatic N) is 1. The lowest BCUT2D eigenvalue weighted by atomic mass is 10.1. The van der Waals surface area contributed by atoms with Crippen LogP contribution < -0.4 is 0 Å². The van der Waals surface area contributed by atoms with Gasteiger partial charge in [-0.2, -0.15) is 0 Å². The van der Waals surface area contributed by atoms with E-state index in [0.717, 1.165) is 4.90 Å². The lowest BCUT2D eigenvalue weighted by Gasteiger charge is -2.32. The maximum absolute atomic E-state index is 12.1. The van der Waals surface area contributed by atoms with Gasteiger partial charge >= 0.3 is 12.1 Å². The van der Waals surface area contributed by atoms with Crippen LogP contribution in [0.5, 0.6) is 0 Å². The van der Waals surface area contributed by atoms with E-state index < -0.39 is 35.4 Å². The van der Waals surface area contributed by atoms with Crippen LogP contribution in [-0.2, 0) is 14.3 Å². The fourth-order valence-corrected chi connectivity index (χ4v) is 1.49. The Bertz CT molecular complexity index is 352. The highest BCUT2D eigenvalue weighted by molar-refractivity contribution is 5.82. The molecule has 2 atom stereocenters. The van der Waals surface area contributed by atoms with Crippen molar-refractivity contribution in [1.29, 1.82) is 0 Å². The van der Waals surface area contributed by atoms with Gasteiger partial charge < -0.3 is 14.6 Å². The number of carbonyl (C=O) groups is 2. The first kappa shape index (κ1) is 18.7. The van der Waals surface area contributed by atoms with E-state index >= 15 is 0 Å². The number of ether oxygens (including phenoxy) is 2. The van der Waals surface area contributed by atoms with Gasteiger partial charge in [0.15, 0.2) is 6.04 Å². The Balaban J connectivity index is 5.01. The number of amides is 1. The molecule has 0 radical (unpaired) electrons. The van der Waals surface area contributed by atoms with Gasteiger partial charge in [0.05, 0.1) is 6.10 Å². The summed E-state index contributed by atoms with van der Waals surface area (Å²) in [7, 11) is 1.40. The van der Waals surface area contributed by atoms with Crippen LogP contribution in [-0.4, -0.2) is 52.5 Å². The van der Waals surface area contributed by atoms with E-state index in [1.54, 1.807) is 41.5 Å². The molecule has 6 nitrogen and oxygen atoms in total. The Morgan fingerprint density at radius 1 is 1.00 bits per heavy atom. The third-order valence-electron chi connectivity index (χ3n) is 2.20. The predicted octanol–water partition coefficient (Wildman–Crippen LogP) is 1.94. The van der Waals surface area contributed by atoms with Crippen LogP contribution in [0.1, 0.15) is 48.5 Å². The quantitative estimate of drug-likeness (QED) is 0.804. The Hall–Kier alpha value is -1.30. The predicted molar refractivity (Wildman–Crippen MR) is 75.3 cm³/mol. The minimum atomic E-state index is -1.11. The van der Waals surface area contributed by atoms with Crippen molar-refractivity contribution in [2.75, 3.05) is 7.05 Å². The van der Waals surface area contributed by atoms with Crippen LogP contribution in [0.15, 0.2) is 0 Å². The normalized spacial score (nSPS) is 15.2. The number of likely N-dealkylation sites (N-methyl/N-ethyl adjacent to an activating group) is 1. The molecule has 0 unspecified atom stereocenters. The zero-order valence-electron chi connectivity index (χ0n) is 13.7. The number of hydrogen-bond donors (Lipinski definition) is 1. The molecule has 0 fully saturated rings. The van der Waals surface area contributed by atoms with Gasteiger partial charge in [0.1, 0.15) is 11.2 Å². The largest absolute Gasteiger partial charge is 0.458 e. The Labute approximate surface area is 121 Å². The van der Waals surface area contributed by atoms with E-state index in [9.17, 15) is 14.7 Å². The highest BCUT2D eigenvalue weighted by atomic mass is 16.6. The monoisotopic (exact) mass is 289 g/mol. The molecule has 0 aromatic rings. The minimum Gasteiger partial charge on any atom is -0.458 e. The van der Waals surface area contributed by atoms with Crippen molar-refractivity contribution >= 4 is 12.1 Å². The number of esters is 1. The molecule has 0 aliphatic heterocycles. The second-order valence-corrected chi connectivity index (χ2v) is 6.81. The maximum atomic E-state index is 12.1. The molecule has 0 aliphatic rings. The average molecular weight is 289 g/mol. The summed E-state index contributed by atoms with van der Waals surface area (Å²) in [6.07, 6.45) is -1.75. The molecular formula is C14H27NO5. The van der Waals surface area contributed by atoms with Crippen LogP contribution >= 0.6 is 0 Å². The summed E-state index contributed by atoms with van der Waals surface area (Å²) in [6, 6.07) is -1.11. The Kier molecular flexibility index (Phi) is 6.02. The SMILES string of the molecule is C[C@@H](O)[C@@H](C(=O)OC(C)(C)C)N(C)C(=O)OC(C)(C)C. The third-order valence-corrected chi connectivity index (χ3v) is 2.20. The molecule has 0 saturated heterocycles. The summed E-state index contributed by atoms with van der Waals surface area (Å²) >= 11 is 0. The van der Waals surface area contributed by atoms with Crippen LogP contribution in [0, 0.1) is 0 Å². The van der Waals surface area contributed by atoms with Gasteiger partial charge in [-0.3, -0.25) is 4.90 Å². The second kappa shape index (κ2) is 6.43. The van der Waals surface area contributed by atoms with Gasteiger partial charge in [-0.05, 0) is 48.5 Å². The number of aliphatic hydroxyl groups is 1. The second-order valence-electron chi connectivity index (χ2n) is 6.81. The summed E-state index contributed by atoms with van der Waals surface area (Å²) in [5.74, 6) is -0.666. The molecule has 0 aromatic heterocycles. The molecule has 118 valence electrons. The highest BCUT2D eigenvalue weighted by Gasteiger charge is 2.36. The van der Waals surface area contributed by atoms with Gasteiger partial charge in [-0.1, -0.05) is 0 Å². The fraction of sp³-hybridized carbons (Fsp3) is 0.857. The average Bonchev–Trinajstić information content (AvgIpc) is 2.10. The first-order valence-corrected chi connectivity index (χ1v) is 6.61. The molecule has 0 saturated carbocycles. The van der Waals surface area contributed by atoms with Crippen LogP contribution in [0.2, 0.25) is 0 Å². The number of hydrogen-bond acceptors (Lipinski definition) is 5. The molecule has 0 aliphatic carbocycles. The molecule has 1 N–H and O–H groups in total. The topological polar surface area (TPSA) is 76.1 Å². The van der Waals surface area contributed by atoms with Crippen molar-refractivity contribution in [3.63, 3.8) is 0 Å². The van der Waals surface area contributed by atoms with E-state index in [2.05, 4.69) is 0 Å². The maximum Gasteiger partial charge on any atom is 0.410 e. The first-order valence-electron chi connectivity index (χ1n) is 6.61. The van der Waals surface area contributed by atoms with Crippen molar-refractivity contribution < 1.29 is 24.2 Å². The van der Waals surface area contributed by atoms with Crippen molar-refractivity contribution in [3.8, 4) is 0 Å². The van der Waals surface area contributed by atoms with Crippen LogP contribution in [0.4, 0.5) is 4.79 Å². The van der Waals surface area contributed by atoms with E-state index in [0.29, 0.717) is 0 Å². The van der Waals surface area contributed by atoms with E-state index in [1.807, 2.05) is 0 Å². The van der Waals surface area contributed by atoms with Gasteiger partial charge in [0, 0.05) is 7.05 Å². The molecule has 6 heteroatoms. The summed E-state index contributed by atoms with van der Waals surface area (Å²) in [5, 5.41) is 9.75. The van der Waals surface area contributed by atoms with Crippen molar-refractivity contribution in [2.24, 2.45) is 0 Å². The minimum absolute atomic E-state index is 0.666. The summed E-state index contributed by atoms with van der Waals surface area (Å²) in [4.78, 5) is 25.1. The standard InChI is InChI=1S/C14H27NO5/c1-9(16)10(11(17)19-13(2,3)4)15(8)12(18)20-14(5,6)7/h9-10,16H,1-8H3/t9-,10+/m1/s1. The van der Waals surface area contributed by atoms with Crippen molar-refractivity contribution in [3.05, 3.63) is 0 Å². The van der Waals surface area contributed by atoms with E-state index in [1.165, 1.54) is 14.0 Å². The number of rotatable bonds is 3. The van der Waals surface area contributed by atoms with Crippen molar-refractivity contribution in [1.82, 2.24) is 4.90 Å². The van der Waals surface area contributed by atoms with Gasteiger partial charge in [-0.15, -0.1) is 0 Å². The Morgan fingerprint density at radius 2 is 1.40 bits per heavy atom. The summed E-state index contributed by atoms with van der Waals surface area (Å²) in [5.41, 5.74) is -1.37. The van der Waals surface area contributed by atoms with Gasteiger partial charge in [0.2, 0.25) is 0 Å². The van der Waals surface area contributed by atoms with E-state index in [4.69, 9.17) is 9.47 Å². The van der Waals surface area contributed by atoms with Crippen LogP contribution in [0.3, 0.4) is 0 Å². The lowest BCUT2D eigenvalue weighted by molar-refractivity contribution is -0.164. The molecule has 1 amide bonds. The molecule has 20 heavy (non-hydrogen) atoms. The zero-order chi connectivity index (χ0) is 16.3. The van der Waals surface area contributed by atoms with Gasteiger partial charge in [0.25, 0.3) is 0 Å².